The van der Waals surface area contributed by atoms with Crippen molar-refractivity contribution in [2.45, 2.75) is 32.5 Å². The van der Waals surface area contributed by atoms with Gasteiger partial charge in [0.1, 0.15) is 12.8 Å². The topological polar surface area (TPSA) is 85.9 Å². The molecule has 0 saturated heterocycles. The van der Waals surface area contributed by atoms with Gasteiger partial charge in [-0.05, 0) is 13.8 Å². The lowest BCUT2D eigenvalue weighted by atomic mass is 10.0. The summed E-state index contributed by atoms with van der Waals surface area (Å²) >= 11 is 0. The van der Waals surface area contributed by atoms with E-state index in [9.17, 15) is 14.0 Å². The number of hydrogen-bond acceptors (Lipinski definition) is 5. The number of alkyl halides is 1. The summed E-state index contributed by atoms with van der Waals surface area (Å²) in [5.41, 5.74) is -1.02. The predicted molar refractivity (Wildman–Crippen MR) is 79.3 cm³/mol. The van der Waals surface area contributed by atoms with Gasteiger partial charge in [-0.15, -0.1) is 0 Å². The van der Waals surface area contributed by atoms with E-state index in [0.717, 1.165) is 0 Å². The Morgan fingerprint density at radius 3 is 2.45 bits per heavy atom. The molecule has 0 bridgehead atoms. The molecule has 1 unspecified atom stereocenters. The maximum atomic E-state index is 13.9. The molecule has 130 valence electrons. The molecule has 8 heteroatoms. The molecular formula is C14H27FN2O5. The molecule has 2 N–H and O–H groups in total. The van der Waals surface area contributed by atoms with E-state index >= 15 is 0 Å². The average molecular weight is 322 g/mol. The van der Waals surface area contributed by atoms with Gasteiger partial charge < -0.3 is 24.8 Å². The number of methoxy groups -OCH3 is 1. The van der Waals surface area contributed by atoms with E-state index in [1.165, 1.54) is 14.0 Å². The molecule has 7 nitrogen and oxygen atoms in total. The minimum atomic E-state index is -1.32. The fourth-order valence-corrected chi connectivity index (χ4v) is 1.48. The van der Waals surface area contributed by atoms with E-state index in [0.29, 0.717) is 13.2 Å². The van der Waals surface area contributed by atoms with E-state index in [4.69, 9.17) is 9.47 Å². The number of ether oxygens (including phenoxy) is 3. The van der Waals surface area contributed by atoms with Crippen molar-refractivity contribution in [3.8, 4) is 0 Å². The number of carbonyl (C=O) groups is 2. The summed E-state index contributed by atoms with van der Waals surface area (Å²) in [5.74, 6) is -0.487. The van der Waals surface area contributed by atoms with Crippen LogP contribution in [0.4, 0.5) is 4.39 Å². The van der Waals surface area contributed by atoms with E-state index in [1.807, 2.05) is 0 Å². The van der Waals surface area contributed by atoms with Crippen LogP contribution in [0.25, 0.3) is 0 Å². The highest BCUT2D eigenvalue weighted by Gasteiger charge is 2.30. The SMILES string of the molecule is COCC(=O)NCCOCCOC(C)(C)C(F)CNC(C)=O. The minimum absolute atomic E-state index is 0.0173. The van der Waals surface area contributed by atoms with Crippen molar-refractivity contribution in [3.63, 3.8) is 0 Å². The largest absolute Gasteiger partial charge is 0.377 e. The lowest BCUT2D eigenvalue weighted by Gasteiger charge is -2.29. The van der Waals surface area contributed by atoms with Gasteiger partial charge in [-0.3, -0.25) is 9.59 Å². The second kappa shape index (κ2) is 11.3. The number of hydrogen-bond donors (Lipinski definition) is 2. The molecule has 22 heavy (non-hydrogen) atoms. The van der Waals surface area contributed by atoms with Crippen LogP contribution in [0, 0.1) is 0 Å². The number of nitrogens with one attached hydrogen (secondary N) is 2. The molecule has 2 amide bonds. The van der Waals surface area contributed by atoms with Crippen LogP contribution in [0.1, 0.15) is 20.8 Å². The maximum Gasteiger partial charge on any atom is 0.246 e. The van der Waals surface area contributed by atoms with Crippen LogP contribution in [0.2, 0.25) is 0 Å². The summed E-state index contributed by atoms with van der Waals surface area (Å²) in [7, 11) is 1.44. The molecule has 0 aromatic rings. The van der Waals surface area contributed by atoms with E-state index in [2.05, 4.69) is 15.4 Å². The van der Waals surface area contributed by atoms with Crippen LogP contribution in [0.3, 0.4) is 0 Å². The van der Waals surface area contributed by atoms with Crippen molar-refractivity contribution in [1.29, 1.82) is 0 Å². The van der Waals surface area contributed by atoms with Crippen molar-refractivity contribution in [2.75, 3.05) is 46.6 Å². The van der Waals surface area contributed by atoms with Crippen LogP contribution in [-0.4, -0.2) is 70.2 Å². The molecule has 0 aliphatic carbocycles. The van der Waals surface area contributed by atoms with Gasteiger partial charge in [-0.25, -0.2) is 4.39 Å². The summed E-state index contributed by atoms with van der Waals surface area (Å²) in [6.45, 7) is 5.72. The van der Waals surface area contributed by atoms with Gasteiger partial charge in [0.2, 0.25) is 11.8 Å². The monoisotopic (exact) mass is 322 g/mol. The zero-order valence-corrected chi connectivity index (χ0v) is 13.7. The highest BCUT2D eigenvalue weighted by Crippen LogP contribution is 2.17. The lowest BCUT2D eigenvalue weighted by molar-refractivity contribution is -0.125. The second-order valence-electron chi connectivity index (χ2n) is 5.25. The number of rotatable bonds is 12. The number of halogens is 1. The van der Waals surface area contributed by atoms with Crippen molar-refractivity contribution in [2.24, 2.45) is 0 Å². The van der Waals surface area contributed by atoms with Gasteiger partial charge >= 0.3 is 0 Å². The summed E-state index contributed by atoms with van der Waals surface area (Å²) < 4.78 is 29.2. The second-order valence-corrected chi connectivity index (χ2v) is 5.25. The van der Waals surface area contributed by atoms with Crippen LogP contribution in [-0.2, 0) is 23.8 Å². The Morgan fingerprint density at radius 2 is 1.86 bits per heavy atom. The summed E-state index contributed by atoms with van der Waals surface area (Å²) in [5, 5.41) is 5.02. The first kappa shape index (κ1) is 20.8. The number of carbonyl (C=O) groups excluding carboxylic acids is 2. The quantitative estimate of drug-likeness (QED) is 0.495. The zero-order valence-electron chi connectivity index (χ0n) is 13.7. The Labute approximate surface area is 130 Å². The Bertz CT molecular complexity index is 339. The van der Waals surface area contributed by atoms with Crippen molar-refractivity contribution in [1.82, 2.24) is 10.6 Å². The molecule has 0 saturated carbocycles. The van der Waals surface area contributed by atoms with Gasteiger partial charge in [0.15, 0.2) is 0 Å². The van der Waals surface area contributed by atoms with Crippen molar-refractivity contribution >= 4 is 11.8 Å². The fraction of sp³-hybridized carbons (Fsp3) is 0.857. The molecular weight excluding hydrogens is 295 g/mol. The Balaban J connectivity index is 3.67. The molecule has 0 heterocycles. The van der Waals surface area contributed by atoms with Crippen molar-refractivity contribution in [3.05, 3.63) is 0 Å². The van der Waals surface area contributed by atoms with Gasteiger partial charge in [0, 0.05) is 20.6 Å². The average Bonchev–Trinajstić information content (AvgIpc) is 2.43. The maximum absolute atomic E-state index is 13.9. The fourth-order valence-electron chi connectivity index (χ4n) is 1.48. The standard InChI is InChI=1S/C14H27FN2O5/c1-11(18)17-9-12(15)14(2,3)22-8-7-21-6-5-16-13(19)10-20-4/h12H,5-10H2,1-4H3,(H,16,19)(H,17,18). The molecule has 0 spiro atoms. The molecule has 0 aromatic carbocycles. The molecule has 0 radical (unpaired) electrons. The summed E-state index contributed by atoms with van der Waals surface area (Å²) in [6, 6.07) is 0. The molecule has 0 rings (SSSR count). The highest BCUT2D eigenvalue weighted by atomic mass is 19.1. The van der Waals surface area contributed by atoms with Gasteiger partial charge in [-0.1, -0.05) is 0 Å². The van der Waals surface area contributed by atoms with E-state index < -0.39 is 11.8 Å². The van der Waals surface area contributed by atoms with Crippen LogP contribution < -0.4 is 10.6 Å². The smallest absolute Gasteiger partial charge is 0.246 e. The molecule has 0 aliphatic heterocycles. The third-order valence-corrected chi connectivity index (χ3v) is 2.83. The number of amides is 2. The predicted octanol–water partition coefficient (Wildman–Crippen LogP) is 0.0350. The summed E-state index contributed by atoms with van der Waals surface area (Å²) in [6.07, 6.45) is -1.32. The first-order valence-electron chi connectivity index (χ1n) is 7.15. The van der Waals surface area contributed by atoms with Crippen LogP contribution >= 0.6 is 0 Å². The van der Waals surface area contributed by atoms with Gasteiger partial charge in [0.25, 0.3) is 0 Å². The third kappa shape index (κ3) is 10.5. The third-order valence-electron chi connectivity index (χ3n) is 2.83. The van der Waals surface area contributed by atoms with Gasteiger partial charge in [0.05, 0.1) is 32.0 Å². The summed E-state index contributed by atoms with van der Waals surface area (Å²) in [4.78, 5) is 21.8. The molecule has 0 fully saturated rings. The Hall–Kier alpha value is -1.25. The van der Waals surface area contributed by atoms with Gasteiger partial charge in [-0.2, -0.15) is 0 Å². The Morgan fingerprint density at radius 1 is 1.18 bits per heavy atom. The normalized spacial score (nSPS) is 12.8. The van der Waals surface area contributed by atoms with E-state index in [1.54, 1.807) is 13.8 Å². The highest BCUT2D eigenvalue weighted by molar-refractivity contribution is 5.77. The van der Waals surface area contributed by atoms with E-state index in [-0.39, 0.29) is 38.2 Å². The van der Waals surface area contributed by atoms with Crippen molar-refractivity contribution < 1.29 is 28.2 Å². The lowest BCUT2D eigenvalue weighted by Crippen LogP contribution is -2.44. The minimum Gasteiger partial charge on any atom is -0.377 e. The molecule has 1 atom stereocenters. The molecule has 0 aromatic heterocycles. The Kier molecular flexibility index (Phi) is 10.7. The van der Waals surface area contributed by atoms with Crippen LogP contribution in [0.5, 0.6) is 0 Å². The first-order chi connectivity index (χ1) is 10.3. The molecule has 0 aliphatic rings. The first-order valence-corrected chi connectivity index (χ1v) is 7.15. The van der Waals surface area contributed by atoms with Crippen LogP contribution in [0.15, 0.2) is 0 Å². The zero-order chi connectivity index (χ0) is 17.0.